The van der Waals surface area contributed by atoms with E-state index < -0.39 is 10.5 Å². The number of rotatable bonds is 5. The molecule has 154 valence electrons. The number of hydrogen-bond acceptors (Lipinski definition) is 5. The molecule has 1 heterocycles. The van der Waals surface area contributed by atoms with Crippen molar-refractivity contribution >= 4 is 40.3 Å². The second kappa shape index (κ2) is 8.55. The zero-order valence-electron chi connectivity index (χ0n) is 15.7. The molecule has 31 heavy (non-hydrogen) atoms. The Hall–Kier alpha value is -3.75. The van der Waals surface area contributed by atoms with Gasteiger partial charge in [-0.3, -0.25) is 20.0 Å². The van der Waals surface area contributed by atoms with Crippen LogP contribution in [0.2, 0.25) is 10.0 Å². The first-order valence-electron chi connectivity index (χ1n) is 8.96. The normalized spacial score (nSPS) is 11.2. The van der Waals surface area contributed by atoms with Crippen molar-refractivity contribution in [2.75, 3.05) is 0 Å². The number of H-pyrrole nitrogens is 1. The molecule has 4 rings (SSSR count). The van der Waals surface area contributed by atoms with Crippen molar-refractivity contribution in [3.63, 3.8) is 0 Å². The van der Waals surface area contributed by atoms with Gasteiger partial charge in [-0.1, -0.05) is 59.6 Å². The predicted octanol–water partition coefficient (Wildman–Crippen LogP) is 6.46. The highest BCUT2D eigenvalue weighted by molar-refractivity contribution is 6.38. The van der Waals surface area contributed by atoms with Crippen molar-refractivity contribution in [3.8, 4) is 16.9 Å². The summed E-state index contributed by atoms with van der Waals surface area (Å²) in [5, 5.41) is 22.8. The van der Waals surface area contributed by atoms with Gasteiger partial charge < -0.3 is 0 Å². The van der Waals surface area contributed by atoms with Crippen LogP contribution in [0.3, 0.4) is 0 Å². The lowest BCUT2D eigenvalue weighted by Crippen LogP contribution is -2.13. The van der Waals surface area contributed by atoms with Gasteiger partial charge in [-0.15, -0.1) is 10.2 Å². The molecule has 3 aromatic carbocycles. The molecule has 0 radical (unpaired) electrons. The number of non-ortho nitro benzene ring substituents is 1. The molecular formula is C21H13Cl2N5O3. The number of aromatic nitrogens is 2. The van der Waals surface area contributed by atoms with Gasteiger partial charge in [-0.05, 0) is 24.3 Å². The van der Waals surface area contributed by atoms with Gasteiger partial charge in [-0.25, -0.2) is 4.68 Å². The van der Waals surface area contributed by atoms with E-state index in [0.29, 0.717) is 27.0 Å². The van der Waals surface area contributed by atoms with E-state index >= 15 is 0 Å². The highest BCUT2D eigenvalue weighted by Gasteiger charge is 2.18. The third kappa shape index (κ3) is 4.11. The van der Waals surface area contributed by atoms with Gasteiger partial charge in [0.1, 0.15) is 5.69 Å². The van der Waals surface area contributed by atoms with E-state index in [9.17, 15) is 14.9 Å². The van der Waals surface area contributed by atoms with Gasteiger partial charge in [-0.2, -0.15) is 0 Å². The number of aromatic amines is 1. The summed E-state index contributed by atoms with van der Waals surface area (Å²) in [5.41, 5.74) is 1.26. The van der Waals surface area contributed by atoms with Gasteiger partial charge >= 0.3 is 0 Å². The highest BCUT2D eigenvalue weighted by Crippen LogP contribution is 2.35. The van der Waals surface area contributed by atoms with Crippen LogP contribution in [0.1, 0.15) is 0 Å². The Labute approximate surface area is 185 Å². The van der Waals surface area contributed by atoms with E-state index in [1.54, 1.807) is 18.2 Å². The molecule has 0 spiro atoms. The van der Waals surface area contributed by atoms with Crippen LogP contribution in [0, 0.1) is 10.1 Å². The molecule has 8 nitrogen and oxygen atoms in total. The molecule has 1 N–H and O–H groups in total. The molecule has 1 aromatic heterocycles. The first-order valence-corrected chi connectivity index (χ1v) is 9.72. The van der Waals surface area contributed by atoms with Gasteiger partial charge in [0, 0.05) is 17.7 Å². The van der Waals surface area contributed by atoms with E-state index in [-0.39, 0.29) is 17.1 Å². The second-order valence-electron chi connectivity index (χ2n) is 6.39. The largest absolute Gasteiger partial charge is 0.299 e. The molecule has 10 heteroatoms. The van der Waals surface area contributed by atoms with Crippen molar-refractivity contribution in [3.05, 3.63) is 103 Å². The molecule has 0 aliphatic rings. The van der Waals surface area contributed by atoms with E-state index in [1.807, 2.05) is 30.3 Å². The average Bonchev–Trinajstić information content (AvgIpc) is 3.10. The van der Waals surface area contributed by atoms with Crippen LogP contribution >= 0.6 is 23.2 Å². The predicted molar refractivity (Wildman–Crippen MR) is 119 cm³/mol. The SMILES string of the molecule is O=c1c(N=Nc2c(Cl)cccc2Cl)c(-c2ccccc2)[nH]n1-c1ccc([N+](=O)[O-])cc1. The summed E-state index contributed by atoms with van der Waals surface area (Å²) in [4.78, 5) is 23.6. The van der Waals surface area contributed by atoms with Crippen molar-refractivity contribution in [1.29, 1.82) is 0 Å². The summed E-state index contributed by atoms with van der Waals surface area (Å²) >= 11 is 12.3. The lowest BCUT2D eigenvalue weighted by molar-refractivity contribution is -0.384. The third-order valence-corrected chi connectivity index (χ3v) is 5.04. The van der Waals surface area contributed by atoms with Crippen LogP contribution in [-0.4, -0.2) is 14.7 Å². The smallest absolute Gasteiger partial charge is 0.288 e. The maximum absolute atomic E-state index is 13.2. The highest BCUT2D eigenvalue weighted by atomic mass is 35.5. The maximum Gasteiger partial charge on any atom is 0.299 e. The standard InChI is InChI=1S/C21H13Cl2N5O3/c22-16-7-4-8-17(23)19(16)24-25-20-18(13-5-2-1-3-6-13)26-27(21(20)29)14-9-11-15(12-10-14)28(30)31/h1-12,26H. The first kappa shape index (κ1) is 20.5. The molecule has 0 aliphatic heterocycles. The molecule has 0 saturated carbocycles. The number of azo groups is 1. The van der Waals surface area contributed by atoms with E-state index in [2.05, 4.69) is 15.3 Å². The molecule has 0 bridgehead atoms. The molecule has 0 saturated heterocycles. The van der Waals surface area contributed by atoms with Gasteiger partial charge in [0.05, 0.1) is 26.3 Å². The fourth-order valence-corrected chi connectivity index (χ4v) is 3.39. The summed E-state index contributed by atoms with van der Waals surface area (Å²) in [6, 6.07) is 19.6. The minimum atomic E-state index is -0.510. The molecule has 0 aliphatic carbocycles. The molecule has 4 aromatic rings. The Balaban J connectivity index is 1.86. The van der Waals surface area contributed by atoms with Gasteiger partial charge in [0.25, 0.3) is 11.2 Å². The molecular weight excluding hydrogens is 441 g/mol. The Bertz CT molecular complexity index is 1330. The molecule has 0 amide bonds. The Kier molecular flexibility index (Phi) is 5.66. The molecule has 0 atom stereocenters. The fourth-order valence-electron chi connectivity index (χ4n) is 2.92. The van der Waals surface area contributed by atoms with E-state index in [1.165, 1.54) is 28.9 Å². The van der Waals surface area contributed by atoms with Crippen molar-refractivity contribution in [2.24, 2.45) is 10.2 Å². The number of nitro groups is 1. The topological polar surface area (TPSA) is 106 Å². The van der Waals surface area contributed by atoms with Crippen molar-refractivity contribution in [2.45, 2.75) is 0 Å². The fraction of sp³-hybridized carbons (Fsp3) is 0. The number of halogens is 2. The number of nitrogens with one attached hydrogen (secondary N) is 1. The zero-order valence-corrected chi connectivity index (χ0v) is 17.2. The van der Waals surface area contributed by atoms with Crippen LogP contribution < -0.4 is 5.56 Å². The van der Waals surface area contributed by atoms with E-state index in [0.717, 1.165) is 0 Å². The Morgan fingerprint density at radius 1 is 0.839 bits per heavy atom. The van der Waals surface area contributed by atoms with Crippen molar-refractivity contribution in [1.82, 2.24) is 9.78 Å². The summed E-state index contributed by atoms with van der Waals surface area (Å²) in [7, 11) is 0. The van der Waals surface area contributed by atoms with E-state index in [4.69, 9.17) is 23.2 Å². The Morgan fingerprint density at radius 3 is 2.06 bits per heavy atom. The zero-order chi connectivity index (χ0) is 22.0. The second-order valence-corrected chi connectivity index (χ2v) is 7.20. The average molecular weight is 454 g/mol. The minimum Gasteiger partial charge on any atom is -0.288 e. The summed E-state index contributed by atoms with van der Waals surface area (Å²) in [5.74, 6) is 0. The minimum absolute atomic E-state index is 0.0422. The lowest BCUT2D eigenvalue weighted by Gasteiger charge is -2.02. The molecule has 0 unspecified atom stereocenters. The first-order chi connectivity index (χ1) is 15.0. The Morgan fingerprint density at radius 2 is 1.45 bits per heavy atom. The third-order valence-electron chi connectivity index (χ3n) is 4.43. The quantitative estimate of drug-likeness (QED) is 0.212. The van der Waals surface area contributed by atoms with Crippen LogP contribution in [-0.2, 0) is 0 Å². The van der Waals surface area contributed by atoms with Crippen LogP contribution in [0.4, 0.5) is 17.1 Å². The number of nitrogens with zero attached hydrogens (tertiary/aromatic N) is 4. The van der Waals surface area contributed by atoms with Crippen LogP contribution in [0.15, 0.2) is 87.8 Å². The molecule has 0 fully saturated rings. The summed E-state index contributed by atoms with van der Waals surface area (Å²) < 4.78 is 1.24. The number of benzene rings is 3. The lowest BCUT2D eigenvalue weighted by atomic mass is 10.1. The summed E-state index contributed by atoms with van der Waals surface area (Å²) in [6.45, 7) is 0. The van der Waals surface area contributed by atoms with Crippen LogP contribution in [0.25, 0.3) is 16.9 Å². The summed E-state index contributed by atoms with van der Waals surface area (Å²) in [6.07, 6.45) is 0. The number of hydrogen-bond donors (Lipinski definition) is 1. The van der Waals surface area contributed by atoms with Gasteiger partial charge in [0.15, 0.2) is 5.69 Å². The van der Waals surface area contributed by atoms with Crippen molar-refractivity contribution < 1.29 is 4.92 Å². The maximum atomic E-state index is 13.2. The number of nitro benzene ring substituents is 1. The van der Waals surface area contributed by atoms with Crippen LogP contribution in [0.5, 0.6) is 0 Å². The monoisotopic (exact) mass is 453 g/mol. The van der Waals surface area contributed by atoms with Gasteiger partial charge in [0.2, 0.25) is 0 Å².